The smallest absolute Gasteiger partial charge is 0.358 e. The monoisotopic (exact) mass is 283 g/mol. The highest BCUT2D eigenvalue weighted by molar-refractivity contribution is 7.14. The number of methoxy groups -OCH3 is 1. The lowest BCUT2D eigenvalue weighted by molar-refractivity contribution is 0.0167. The minimum atomic E-state index is -0.558. The van der Waals surface area contributed by atoms with Gasteiger partial charge in [-0.05, 0) is 19.3 Å². The first-order valence-electron chi connectivity index (χ1n) is 6.32. The highest BCUT2D eigenvalue weighted by Crippen LogP contribution is 2.24. The number of thiazole rings is 1. The Morgan fingerprint density at radius 2 is 2.26 bits per heavy atom. The van der Waals surface area contributed by atoms with Crippen LogP contribution in [0.1, 0.15) is 51.4 Å². The summed E-state index contributed by atoms with van der Waals surface area (Å²) in [7, 11) is 1.29. The third-order valence-electron chi connectivity index (χ3n) is 3.05. The molecule has 2 heterocycles. The van der Waals surface area contributed by atoms with Crippen molar-refractivity contribution in [2.45, 2.75) is 38.7 Å². The summed E-state index contributed by atoms with van der Waals surface area (Å²) in [5, 5.41) is 0.762. The van der Waals surface area contributed by atoms with Crippen molar-refractivity contribution in [3.05, 3.63) is 15.6 Å². The molecule has 0 N–H and O–H groups in total. The number of Topliss-reactive ketones (excluding diaryl/α,β-unsaturated/α-hetero) is 1. The van der Waals surface area contributed by atoms with Crippen LogP contribution >= 0.6 is 11.3 Å². The minimum absolute atomic E-state index is 0.130. The number of aromatic nitrogens is 1. The van der Waals surface area contributed by atoms with Crippen LogP contribution in [0, 0.1) is 0 Å². The fraction of sp³-hybridized carbons (Fsp3) is 0.615. The molecule has 6 heteroatoms. The molecule has 0 aliphatic carbocycles. The molecule has 0 saturated carbocycles. The highest BCUT2D eigenvalue weighted by atomic mass is 32.1. The minimum Gasteiger partial charge on any atom is -0.464 e. The number of ketones is 1. The molecule has 104 valence electrons. The molecule has 0 radical (unpaired) electrons. The zero-order valence-corrected chi connectivity index (χ0v) is 11.9. The molecule has 5 nitrogen and oxygen atoms in total. The van der Waals surface area contributed by atoms with Crippen LogP contribution in [0.25, 0.3) is 0 Å². The topological polar surface area (TPSA) is 65.5 Å². The van der Waals surface area contributed by atoms with Crippen molar-refractivity contribution in [3.8, 4) is 0 Å². The average Bonchev–Trinajstić information content (AvgIpc) is 2.83. The molecule has 1 atom stereocenters. The first-order chi connectivity index (χ1) is 9.11. The predicted molar refractivity (Wildman–Crippen MR) is 70.8 cm³/mol. The van der Waals surface area contributed by atoms with Gasteiger partial charge in [-0.2, -0.15) is 0 Å². The van der Waals surface area contributed by atoms with Crippen molar-refractivity contribution in [1.29, 1.82) is 0 Å². The van der Waals surface area contributed by atoms with Crippen molar-refractivity contribution < 1.29 is 19.1 Å². The molecule has 1 aromatic heterocycles. The maximum absolute atomic E-state index is 11.6. The quantitative estimate of drug-likeness (QED) is 0.626. The third kappa shape index (κ3) is 3.39. The van der Waals surface area contributed by atoms with Gasteiger partial charge < -0.3 is 9.47 Å². The number of nitrogens with zero attached hydrogens (tertiary/aromatic N) is 1. The Kier molecular flexibility index (Phi) is 4.66. The van der Waals surface area contributed by atoms with Crippen LogP contribution in [0.5, 0.6) is 0 Å². The first-order valence-corrected chi connectivity index (χ1v) is 7.14. The molecule has 1 aliphatic heterocycles. The molecular formula is C13H17NO4S. The summed E-state index contributed by atoms with van der Waals surface area (Å²) in [6.45, 7) is 2.21. The summed E-state index contributed by atoms with van der Waals surface area (Å²) in [4.78, 5) is 27.7. The van der Waals surface area contributed by atoms with Crippen LogP contribution in [0.2, 0.25) is 0 Å². The van der Waals surface area contributed by atoms with Crippen LogP contribution in [0.4, 0.5) is 0 Å². The van der Waals surface area contributed by atoms with E-state index in [2.05, 4.69) is 9.72 Å². The van der Waals surface area contributed by atoms with E-state index in [9.17, 15) is 9.59 Å². The number of esters is 1. The van der Waals surface area contributed by atoms with Gasteiger partial charge in [-0.25, -0.2) is 9.78 Å². The number of rotatable bonds is 4. The molecule has 1 aromatic rings. The van der Waals surface area contributed by atoms with Gasteiger partial charge in [0.1, 0.15) is 4.88 Å². The normalized spacial score (nSPS) is 19.2. The van der Waals surface area contributed by atoms with Crippen LogP contribution < -0.4 is 0 Å². The first kappa shape index (κ1) is 14.1. The molecule has 0 amide bonds. The molecule has 1 saturated heterocycles. The summed E-state index contributed by atoms with van der Waals surface area (Å²) in [6, 6.07) is 0. The van der Waals surface area contributed by atoms with Crippen molar-refractivity contribution >= 4 is 23.1 Å². The van der Waals surface area contributed by atoms with E-state index < -0.39 is 5.97 Å². The Morgan fingerprint density at radius 3 is 2.84 bits per heavy atom. The SMILES string of the molecule is COC(=O)c1nc(CC2CCCCO2)sc1C(C)=O. The summed E-state index contributed by atoms with van der Waals surface area (Å²) in [5.41, 5.74) is 0.130. The van der Waals surface area contributed by atoms with Crippen molar-refractivity contribution in [3.63, 3.8) is 0 Å². The molecular weight excluding hydrogens is 266 g/mol. The molecule has 1 aliphatic rings. The van der Waals surface area contributed by atoms with E-state index in [-0.39, 0.29) is 17.6 Å². The summed E-state index contributed by atoms with van der Waals surface area (Å²) in [6.07, 6.45) is 4.05. The van der Waals surface area contributed by atoms with E-state index in [0.717, 1.165) is 30.9 Å². The van der Waals surface area contributed by atoms with E-state index in [1.807, 2.05) is 0 Å². The molecule has 0 aromatic carbocycles. The third-order valence-corrected chi connectivity index (χ3v) is 4.22. The van der Waals surface area contributed by atoms with Gasteiger partial charge in [0.05, 0.1) is 18.2 Å². The molecule has 0 bridgehead atoms. The van der Waals surface area contributed by atoms with Gasteiger partial charge >= 0.3 is 5.97 Å². The molecule has 0 spiro atoms. The van der Waals surface area contributed by atoms with Gasteiger partial charge in [0.2, 0.25) is 0 Å². The Balaban J connectivity index is 2.17. The second kappa shape index (κ2) is 6.25. The van der Waals surface area contributed by atoms with Gasteiger partial charge in [-0.3, -0.25) is 4.79 Å². The number of carbonyl (C=O) groups is 2. The van der Waals surface area contributed by atoms with E-state index in [1.165, 1.54) is 25.4 Å². The highest BCUT2D eigenvalue weighted by Gasteiger charge is 2.24. The van der Waals surface area contributed by atoms with Crippen molar-refractivity contribution in [2.75, 3.05) is 13.7 Å². The summed E-state index contributed by atoms with van der Waals surface area (Å²) in [5.74, 6) is -0.717. The second-order valence-corrected chi connectivity index (χ2v) is 5.61. The average molecular weight is 283 g/mol. The summed E-state index contributed by atoms with van der Waals surface area (Å²) >= 11 is 1.26. The number of carbonyl (C=O) groups excluding carboxylic acids is 2. The number of ether oxygens (including phenoxy) is 2. The van der Waals surface area contributed by atoms with E-state index >= 15 is 0 Å². The standard InChI is InChI=1S/C13H17NO4S/c1-8(15)12-11(13(16)17-2)14-10(19-12)7-9-5-3-4-6-18-9/h9H,3-7H2,1-2H3. The Hall–Kier alpha value is -1.27. The largest absolute Gasteiger partial charge is 0.464 e. The zero-order chi connectivity index (χ0) is 13.8. The fourth-order valence-electron chi connectivity index (χ4n) is 2.09. The maximum Gasteiger partial charge on any atom is 0.358 e. The van der Waals surface area contributed by atoms with E-state index in [0.29, 0.717) is 11.3 Å². The zero-order valence-electron chi connectivity index (χ0n) is 11.1. The lowest BCUT2D eigenvalue weighted by Gasteiger charge is -2.21. The Bertz CT molecular complexity index is 477. The lowest BCUT2D eigenvalue weighted by atomic mass is 10.1. The van der Waals surface area contributed by atoms with E-state index in [4.69, 9.17) is 4.74 Å². The lowest BCUT2D eigenvalue weighted by Crippen LogP contribution is -2.21. The summed E-state index contributed by atoms with van der Waals surface area (Å²) < 4.78 is 10.3. The number of hydrogen-bond acceptors (Lipinski definition) is 6. The Morgan fingerprint density at radius 1 is 1.47 bits per heavy atom. The van der Waals surface area contributed by atoms with Gasteiger partial charge in [0.15, 0.2) is 11.5 Å². The fourth-order valence-corrected chi connectivity index (χ4v) is 3.10. The maximum atomic E-state index is 11.6. The van der Waals surface area contributed by atoms with Gasteiger partial charge in [-0.15, -0.1) is 11.3 Å². The molecule has 1 unspecified atom stereocenters. The van der Waals surface area contributed by atoms with E-state index in [1.54, 1.807) is 0 Å². The van der Waals surface area contributed by atoms with Crippen molar-refractivity contribution in [2.24, 2.45) is 0 Å². The Labute approximate surface area is 115 Å². The molecule has 1 fully saturated rings. The van der Waals surface area contributed by atoms with Gasteiger partial charge in [0, 0.05) is 20.0 Å². The molecule has 2 rings (SSSR count). The van der Waals surface area contributed by atoms with Crippen LogP contribution in [-0.4, -0.2) is 36.6 Å². The van der Waals surface area contributed by atoms with Gasteiger partial charge in [-0.1, -0.05) is 0 Å². The van der Waals surface area contributed by atoms with Crippen LogP contribution in [0.15, 0.2) is 0 Å². The van der Waals surface area contributed by atoms with Crippen LogP contribution in [0.3, 0.4) is 0 Å². The van der Waals surface area contributed by atoms with Crippen molar-refractivity contribution in [1.82, 2.24) is 4.98 Å². The second-order valence-electron chi connectivity index (χ2n) is 4.53. The number of hydrogen-bond donors (Lipinski definition) is 0. The molecule has 19 heavy (non-hydrogen) atoms. The van der Waals surface area contributed by atoms with Crippen LogP contribution in [-0.2, 0) is 15.9 Å². The van der Waals surface area contributed by atoms with Gasteiger partial charge in [0.25, 0.3) is 0 Å². The predicted octanol–water partition coefficient (Wildman–Crippen LogP) is 2.24.